The molecule has 2 atom stereocenters. The molecule has 148 valence electrons. The van der Waals surface area contributed by atoms with Gasteiger partial charge in [0.25, 0.3) is 0 Å². The Morgan fingerprint density at radius 1 is 1.36 bits per heavy atom. The van der Waals surface area contributed by atoms with E-state index in [4.69, 9.17) is 14.5 Å². The Labute approximate surface area is 174 Å². The Bertz CT molecular complexity index is 921. The van der Waals surface area contributed by atoms with E-state index in [2.05, 4.69) is 46.6 Å². The minimum absolute atomic E-state index is 0.177. The highest BCUT2D eigenvalue weighted by Crippen LogP contribution is 2.35. The molecule has 0 unspecified atom stereocenters. The third-order valence-electron chi connectivity index (χ3n) is 4.87. The summed E-state index contributed by atoms with van der Waals surface area (Å²) in [7, 11) is 0. The summed E-state index contributed by atoms with van der Waals surface area (Å²) in [6.07, 6.45) is 2.11. The molecule has 1 aromatic carbocycles. The van der Waals surface area contributed by atoms with Crippen LogP contribution in [0.25, 0.3) is 0 Å². The van der Waals surface area contributed by atoms with E-state index in [-0.39, 0.29) is 12.1 Å². The molecular weight excluding hydrogens is 388 g/mol. The number of aryl methyl sites for hydroxylation is 1. The predicted octanol–water partition coefficient (Wildman–Crippen LogP) is 5.31. The first-order valence-corrected chi connectivity index (χ1v) is 11.6. The van der Waals surface area contributed by atoms with Crippen LogP contribution in [0.15, 0.2) is 34.3 Å². The number of nitrogens with one attached hydrogen (secondary N) is 1. The summed E-state index contributed by atoms with van der Waals surface area (Å²) < 4.78 is 11.9. The summed E-state index contributed by atoms with van der Waals surface area (Å²) in [6, 6.07) is 6.67. The molecule has 0 amide bonds. The van der Waals surface area contributed by atoms with Gasteiger partial charge in [0.05, 0.1) is 12.6 Å². The molecule has 0 spiro atoms. The second kappa shape index (κ2) is 8.64. The maximum Gasteiger partial charge on any atom is 0.124 e. The lowest BCUT2D eigenvalue weighted by molar-refractivity contribution is 0.254. The van der Waals surface area contributed by atoms with E-state index in [0.717, 1.165) is 40.6 Å². The van der Waals surface area contributed by atoms with Crippen LogP contribution in [0.3, 0.4) is 0 Å². The van der Waals surface area contributed by atoms with Crippen molar-refractivity contribution in [2.24, 2.45) is 0 Å². The second-order valence-electron chi connectivity index (χ2n) is 7.23. The van der Waals surface area contributed by atoms with Crippen molar-refractivity contribution >= 4 is 22.7 Å². The lowest BCUT2D eigenvalue weighted by Crippen LogP contribution is -2.23. The Balaban J connectivity index is 1.55. The van der Waals surface area contributed by atoms with Crippen molar-refractivity contribution in [2.75, 3.05) is 6.61 Å². The van der Waals surface area contributed by atoms with Crippen LogP contribution in [0.2, 0.25) is 0 Å². The number of hydrogen-bond donors (Lipinski definition) is 1. The van der Waals surface area contributed by atoms with E-state index in [9.17, 15) is 0 Å². The lowest BCUT2D eigenvalue weighted by Gasteiger charge is -2.18. The van der Waals surface area contributed by atoms with E-state index < -0.39 is 0 Å². The van der Waals surface area contributed by atoms with Crippen molar-refractivity contribution in [3.05, 3.63) is 61.7 Å². The molecular formula is C22H26N2O2S2. The Hall–Kier alpha value is -1.89. The molecule has 0 saturated heterocycles. The van der Waals surface area contributed by atoms with E-state index in [1.165, 1.54) is 11.1 Å². The molecule has 1 N–H and O–H groups in total. The monoisotopic (exact) mass is 414 g/mol. The fourth-order valence-corrected chi connectivity index (χ4v) is 5.12. The molecule has 2 aromatic heterocycles. The maximum atomic E-state index is 5.97. The van der Waals surface area contributed by atoms with Crippen LogP contribution in [0, 0.1) is 6.92 Å². The topological polar surface area (TPSA) is 43.4 Å². The van der Waals surface area contributed by atoms with Crippen molar-refractivity contribution in [1.29, 1.82) is 0 Å². The minimum Gasteiger partial charge on any atom is -0.494 e. The molecule has 6 heteroatoms. The van der Waals surface area contributed by atoms with Gasteiger partial charge in [-0.3, -0.25) is 0 Å². The zero-order chi connectivity index (χ0) is 19.5. The van der Waals surface area contributed by atoms with Crippen LogP contribution >= 0.6 is 22.7 Å². The lowest BCUT2D eigenvalue weighted by atomic mass is 10.1. The highest BCUT2D eigenvalue weighted by atomic mass is 32.1. The number of thiophene rings is 1. The molecule has 0 fully saturated rings. The third-order valence-corrected chi connectivity index (χ3v) is 6.68. The number of fused-ring (bicyclic) bond motifs is 1. The Morgan fingerprint density at radius 2 is 2.25 bits per heavy atom. The Kier molecular flexibility index (Phi) is 5.99. The molecule has 4 rings (SSSR count). The summed E-state index contributed by atoms with van der Waals surface area (Å²) in [5.74, 6) is 1.95. The van der Waals surface area contributed by atoms with E-state index in [1.54, 1.807) is 22.7 Å². The number of thiazole rings is 1. The first-order valence-electron chi connectivity index (χ1n) is 9.74. The van der Waals surface area contributed by atoms with Crippen LogP contribution in [0.1, 0.15) is 47.3 Å². The molecule has 0 radical (unpaired) electrons. The van der Waals surface area contributed by atoms with E-state index in [0.29, 0.717) is 13.2 Å². The average Bonchev–Trinajstić information content (AvgIpc) is 3.39. The van der Waals surface area contributed by atoms with Gasteiger partial charge in [-0.2, -0.15) is 11.3 Å². The van der Waals surface area contributed by atoms with Gasteiger partial charge in [0.1, 0.15) is 22.6 Å². The van der Waals surface area contributed by atoms with E-state index in [1.807, 2.05) is 13.8 Å². The zero-order valence-corrected chi connectivity index (χ0v) is 18.2. The fraction of sp³-hybridized carbons (Fsp3) is 0.409. The number of aromatic nitrogens is 1. The smallest absolute Gasteiger partial charge is 0.124 e. The van der Waals surface area contributed by atoms with Gasteiger partial charge in [-0.15, -0.1) is 11.3 Å². The number of hydrogen-bond acceptors (Lipinski definition) is 6. The summed E-state index contributed by atoms with van der Waals surface area (Å²) in [6.45, 7) is 7.56. The van der Waals surface area contributed by atoms with Gasteiger partial charge < -0.3 is 14.8 Å². The standard InChI is InChI=1S/C22H26N2O2S2/c1-4-25-20-9-17-7-15(3)26-21(17)10-18(20)11-23-19(8-16-5-6-27-13-16)22-24-14(2)12-28-22/h5-6,9-10,12-13,15,19,23H,4,7-8,11H2,1-3H3/t15-,19+/m0/s1. The van der Waals surface area contributed by atoms with E-state index >= 15 is 0 Å². The SMILES string of the molecule is CCOc1cc2c(cc1CN[C@H](Cc1ccsc1)c1nc(C)cs1)O[C@@H](C)C2. The molecule has 28 heavy (non-hydrogen) atoms. The largest absolute Gasteiger partial charge is 0.494 e. The molecule has 3 aromatic rings. The zero-order valence-electron chi connectivity index (χ0n) is 16.5. The summed E-state index contributed by atoms with van der Waals surface area (Å²) >= 11 is 3.46. The van der Waals surface area contributed by atoms with Gasteiger partial charge in [-0.05, 0) is 61.7 Å². The summed E-state index contributed by atoms with van der Waals surface area (Å²) in [5, 5.41) is 11.3. The summed E-state index contributed by atoms with van der Waals surface area (Å²) in [4.78, 5) is 4.73. The van der Waals surface area contributed by atoms with Gasteiger partial charge >= 0.3 is 0 Å². The van der Waals surface area contributed by atoms with Crippen molar-refractivity contribution in [2.45, 2.75) is 52.3 Å². The Morgan fingerprint density at radius 3 is 2.96 bits per heavy atom. The number of ether oxygens (including phenoxy) is 2. The van der Waals surface area contributed by atoms with Gasteiger partial charge in [0.2, 0.25) is 0 Å². The van der Waals surface area contributed by atoms with Crippen molar-refractivity contribution in [1.82, 2.24) is 10.3 Å². The first kappa shape index (κ1) is 19.4. The molecule has 0 bridgehead atoms. The highest BCUT2D eigenvalue weighted by molar-refractivity contribution is 7.09. The number of benzene rings is 1. The van der Waals surface area contributed by atoms with Crippen molar-refractivity contribution in [3.63, 3.8) is 0 Å². The third kappa shape index (κ3) is 4.40. The second-order valence-corrected chi connectivity index (χ2v) is 8.90. The van der Waals surface area contributed by atoms with Gasteiger partial charge in [-0.1, -0.05) is 0 Å². The average molecular weight is 415 g/mol. The van der Waals surface area contributed by atoms with Crippen LogP contribution in [-0.2, 0) is 19.4 Å². The van der Waals surface area contributed by atoms with Gasteiger partial charge in [-0.25, -0.2) is 4.98 Å². The highest BCUT2D eigenvalue weighted by Gasteiger charge is 2.23. The molecule has 0 aliphatic carbocycles. The number of rotatable bonds is 8. The van der Waals surface area contributed by atoms with Crippen molar-refractivity contribution < 1.29 is 9.47 Å². The minimum atomic E-state index is 0.177. The molecule has 3 heterocycles. The molecule has 4 nitrogen and oxygen atoms in total. The van der Waals surface area contributed by atoms with Crippen LogP contribution in [0.5, 0.6) is 11.5 Å². The van der Waals surface area contributed by atoms with Gasteiger partial charge in [0.15, 0.2) is 0 Å². The quantitative estimate of drug-likeness (QED) is 0.542. The van der Waals surface area contributed by atoms with Gasteiger partial charge in [0, 0.05) is 35.2 Å². The van der Waals surface area contributed by atoms with Crippen LogP contribution in [0.4, 0.5) is 0 Å². The van der Waals surface area contributed by atoms with Crippen LogP contribution < -0.4 is 14.8 Å². The molecule has 1 aliphatic heterocycles. The number of nitrogens with zero attached hydrogens (tertiary/aromatic N) is 1. The molecule has 0 saturated carbocycles. The maximum absolute atomic E-state index is 5.97. The predicted molar refractivity (Wildman–Crippen MR) is 116 cm³/mol. The van der Waals surface area contributed by atoms with Crippen molar-refractivity contribution in [3.8, 4) is 11.5 Å². The van der Waals surface area contributed by atoms with Crippen LogP contribution in [-0.4, -0.2) is 17.7 Å². The fourth-order valence-electron chi connectivity index (χ4n) is 3.57. The first-order chi connectivity index (χ1) is 13.6. The molecule has 1 aliphatic rings. The normalized spacial score (nSPS) is 16.6. The summed E-state index contributed by atoms with van der Waals surface area (Å²) in [5.41, 5.74) is 4.79.